The second-order valence-electron chi connectivity index (χ2n) is 6.56. The summed E-state index contributed by atoms with van der Waals surface area (Å²) in [6.45, 7) is 4.74. The van der Waals surface area contributed by atoms with Crippen LogP contribution in [0.25, 0.3) is 0 Å². The standard InChI is InChI=1S/C21H26O4/c1-15-19(22)21(24-14-18-11-7-4-8-12-18)20(16(2)25-15)23-13-17-9-5-3-6-10-17/h3-12,15-16,19-22H,13-14H2,1-2H3/t15?,16?,19?,20-,21+/m0/s1. The molecular formula is C21H26O4. The molecule has 1 fully saturated rings. The van der Waals surface area contributed by atoms with E-state index in [2.05, 4.69) is 0 Å². The molecule has 1 aliphatic rings. The Hall–Kier alpha value is -1.72. The van der Waals surface area contributed by atoms with Crippen LogP contribution >= 0.6 is 0 Å². The average molecular weight is 342 g/mol. The van der Waals surface area contributed by atoms with Crippen LogP contribution in [-0.4, -0.2) is 35.6 Å². The van der Waals surface area contributed by atoms with E-state index in [0.717, 1.165) is 11.1 Å². The van der Waals surface area contributed by atoms with Gasteiger partial charge in [0.05, 0.1) is 25.4 Å². The maximum Gasteiger partial charge on any atom is 0.115 e. The fourth-order valence-electron chi connectivity index (χ4n) is 3.18. The molecule has 3 rings (SSSR count). The number of benzene rings is 2. The van der Waals surface area contributed by atoms with Gasteiger partial charge in [0.2, 0.25) is 0 Å². The molecule has 4 nitrogen and oxygen atoms in total. The summed E-state index contributed by atoms with van der Waals surface area (Å²) in [5.41, 5.74) is 2.16. The van der Waals surface area contributed by atoms with E-state index in [1.807, 2.05) is 74.5 Å². The third-order valence-corrected chi connectivity index (χ3v) is 4.60. The molecule has 2 aromatic rings. The lowest BCUT2D eigenvalue weighted by molar-refractivity contribution is -0.244. The molecule has 0 aliphatic carbocycles. The molecule has 0 bridgehead atoms. The highest BCUT2D eigenvalue weighted by Gasteiger charge is 2.43. The predicted molar refractivity (Wildman–Crippen MR) is 96.1 cm³/mol. The van der Waals surface area contributed by atoms with Crippen molar-refractivity contribution in [2.45, 2.75) is 57.6 Å². The van der Waals surface area contributed by atoms with Gasteiger partial charge in [-0.15, -0.1) is 0 Å². The third kappa shape index (κ3) is 4.67. The Morgan fingerprint density at radius 1 is 0.760 bits per heavy atom. The first-order chi connectivity index (χ1) is 12.1. The van der Waals surface area contributed by atoms with E-state index in [0.29, 0.717) is 13.2 Å². The summed E-state index contributed by atoms with van der Waals surface area (Å²) in [4.78, 5) is 0. The van der Waals surface area contributed by atoms with Crippen molar-refractivity contribution in [2.24, 2.45) is 0 Å². The summed E-state index contributed by atoms with van der Waals surface area (Å²) in [6, 6.07) is 20.0. The fraction of sp³-hybridized carbons (Fsp3) is 0.429. The Morgan fingerprint density at radius 2 is 1.24 bits per heavy atom. The van der Waals surface area contributed by atoms with Crippen molar-refractivity contribution in [3.05, 3.63) is 71.8 Å². The molecule has 1 heterocycles. The third-order valence-electron chi connectivity index (χ3n) is 4.60. The summed E-state index contributed by atoms with van der Waals surface area (Å²) in [6.07, 6.45) is -1.91. The van der Waals surface area contributed by atoms with Gasteiger partial charge in [-0.2, -0.15) is 0 Å². The number of aliphatic hydroxyl groups excluding tert-OH is 1. The Bertz CT molecular complexity index is 631. The van der Waals surface area contributed by atoms with Crippen LogP contribution in [0.2, 0.25) is 0 Å². The van der Waals surface area contributed by atoms with Crippen molar-refractivity contribution in [2.75, 3.05) is 0 Å². The molecule has 25 heavy (non-hydrogen) atoms. The van der Waals surface area contributed by atoms with E-state index in [1.54, 1.807) is 0 Å². The Morgan fingerprint density at radius 3 is 1.76 bits per heavy atom. The SMILES string of the molecule is CC1OC(C)[C@H](OCc2ccccc2)[C@H](OCc2ccccc2)C1O. The van der Waals surface area contributed by atoms with Gasteiger partial charge in [-0.05, 0) is 25.0 Å². The predicted octanol–water partition coefficient (Wildman–Crippen LogP) is 3.33. The highest BCUT2D eigenvalue weighted by molar-refractivity contribution is 5.14. The zero-order chi connectivity index (χ0) is 17.6. The Labute approximate surface area is 149 Å². The zero-order valence-electron chi connectivity index (χ0n) is 14.7. The molecule has 3 unspecified atom stereocenters. The Balaban J connectivity index is 1.67. The molecule has 5 atom stereocenters. The van der Waals surface area contributed by atoms with Crippen LogP contribution in [-0.2, 0) is 27.4 Å². The topological polar surface area (TPSA) is 47.9 Å². The minimum atomic E-state index is -0.722. The lowest BCUT2D eigenvalue weighted by Crippen LogP contribution is -2.57. The van der Waals surface area contributed by atoms with Crippen molar-refractivity contribution in [1.29, 1.82) is 0 Å². The van der Waals surface area contributed by atoms with Crippen molar-refractivity contribution in [3.8, 4) is 0 Å². The molecule has 0 amide bonds. The van der Waals surface area contributed by atoms with Crippen molar-refractivity contribution in [3.63, 3.8) is 0 Å². The molecule has 1 N–H and O–H groups in total. The Kier molecular flexibility index (Phi) is 6.21. The first-order valence-electron chi connectivity index (χ1n) is 8.79. The van der Waals surface area contributed by atoms with E-state index in [-0.39, 0.29) is 18.3 Å². The number of hydrogen-bond donors (Lipinski definition) is 1. The van der Waals surface area contributed by atoms with E-state index < -0.39 is 12.2 Å². The van der Waals surface area contributed by atoms with Gasteiger partial charge in [-0.25, -0.2) is 0 Å². The lowest BCUT2D eigenvalue weighted by atomic mass is 9.96. The van der Waals surface area contributed by atoms with E-state index in [4.69, 9.17) is 14.2 Å². The van der Waals surface area contributed by atoms with Gasteiger partial charge in [0.15, 0.2) is 0 Å². The molecule has 0 spiro atoms. The number of aliphatic hydroxyl groups is 1. The second-order valence-corrected chi connectivity index (χ2v) is 6.56. The van der Waals surface area contributed by atoms with Crippen LogP contribution < -0.4 is 0 Å². The maximum absolute atomic E-state index is 10.6. The van der Waals surface area contributed by atoms with E-state index in [9.17, 15) is 5.11 Å². The quantitative estimate of drug-likeness (QED) is 0.875. The molecular weight excluding hydrogens is 316 g/mol. The van der Waals surface area contributed by atoms with E-state index >= 15 is 0 Å². The average Bonchev–Trinajstić information content (AvgIpc) is 2.64. The molecule has 0 radical (unpaired) electrons. The molecule has 134 valence electrons. The van der Waals surface area contributed by atoms with Crippen LogP contribution in [0, 0.1) is 0 Å². The van der Waals surface area contributed by atoms with Crippen LogP contribution in [0.15, 0.2) is 60.7 Å². The number of hydrogen-bond acceptors (Lipinski definition) is 4. The van der Waals surface area contributed by atoms with Gasteiger partial charge in [-0.1, -0.05) is 60.7 Å². The lowest BCUT2D eigenvalue weighted by Gasteiger charge is -2.42. The normalized spacial score (nSPS) is 29.5. The van der Waals surface area contributed by atoms with Gasteiger partial charge in [-0.3, -0.25) is 0 Å². The van der Waals surface area contributed by atoms with Crippen LogP contribution in [0.1, 0.15) is 25.0 Å². The van der Waals surface area contributed by atoms with Gasteiger partial charge in [0.25, 0.3) is 0 Å². The summed E-state index contributed by atoms with van der Waals surface area (Å²) < 4.78 is 18.0. The summed E-state index contributed by atoms with van der Waals surface area (Å²) in [7, 11) is 0. The fourth-order valence-corrected chi connectivity index (χ4v) is 3.18. The van der Waals surface area contributed by atoms with Gasteiger partial charge >= 0.3 is 0 Å². The van der Waals surface area contributed by atoms with Gasteiger partial charge in [0.1, 0.15) is 18.3 Å². The largest absolute Gasteiger partial charge is 0.388 e. The first kappa shape index (κ1) is 18.1. The zero-order valence-corrected chi connectivity index (χ0v) is 14.7. The highest BCUT2D eigenvalue weighted by Crippen LogP contribution is 2.27. The molecule has 0 saturated carbocycles. The summed E-state index contributed by atoms with van der Waals surface area (Å²) in [5.74, 6) is 0. The molecule has 1 saturated heterocycles. The van der Waals surface area contributed by atoms with Crippen LogP contribution in [0.5, 0.6) is 0 Å². The minimum absolute atomic E-state index is 0.150. The number of ether oxygens (including phenoxy) is 3. The molecule has 1 aliphatic heterocycles. The monoisotopic (exact) mass is 342 g/mol. The molecule has 4 heteroatoms. The summed E-state index contributed by atoms with van der Waals surface area (Å²) in [5, 5.41) is 10.6. The smallest absolute Gasteiger partial charge is 0.115 e. The maximum atomic E-state index is 10.6. The van der Waals surface area contributed by atoms with E-state index in [1.165, 1.54) is 0 Å². The van der Waals surface area contributed by atoms with Crippen molar-refractivity contribution >= 4 is 0 Å². The first-order valence-corrected chi connectivity index (χ1v) is 8.79. The second kappa shape index (κ2) is 8.59. The highest BCUT2D eigenvalue weighted by atomic mass is 16.6. The molecule has 0 aromatic heterocycles. The van der Waals surface area contributed by atoms with Gasteiger partial charge in [0, 0.05) is 0 Å². The summed E-state index contributed by atoms with van der Waals surface area (Å²) >= 11 is 0. The van der Waals surface area contributed by atoms with Crippen LogP contribution in [0.3, 0.4) is 0 Å². The number of rotatable bonds is 6. The van der Waals surface area contributed by atoms with Crippen LogP contribution in [0.4, 0.5) is 0 Å². The van der Waals surface area contributed by atoms with Crippen molar-refractivity contribution in [1.82, 2.24) is 0 Å². The molecule has 2 aromatic carbocycles. The van der Waals surface area contributed by atoms with Crippen molar-refractivity contribution < 1.29 is 19.3 Å². The minimum Gasteiger partial charge on any atom is -0.388 e. The van der Waals surface area contributed by atoms with Gasteiger partial charge < -0.3 is 19.3 Å².